The van der Waals surface area contributed by atoms with Gasteiger partial charge in [-0.3, -0.25) is 0 Å². The summed E-state index contributed by atoms with van der Waals surface area (Å²) in [6, 6.07) is 0. The molecule has 5 heteroatoms. The van der Waals surface area contributed by atoms with Crippen LogP contribution < -0.4 is 24.8 Å². The Hall–Kier alpha value is 0.951. The molecule has 1 unspecified atom stereocenters. The monoisotopic (exact) mass is 327 g/mol. The molecular weight excluding hydrogens is 307 g/mol. The number of hydrogen-bond acceptors (Lipinski definition) is 1. The van der Waals surface area contributed by atoms with Crippen molar-refractivity contribution in [2.45, 2.75) is 45.0 Å². The summed E-state index contributed by atoms with van der Waals surface area (Å²) in [6.07, 6.45) is 8.08. The summed E-state index contributed by atoms with van der Waals surface area (Å²) in [5.74, 6) is 0. The standard InChI is InChI=1S/C12H21OSi.2ClH.Ti/c1-4-5-10-13-12(14(2)3)11-8-6-7-9-11;;;/h6,8,12,14H,4-5,7,10H2,1-3H3;2*1H;/q;;;+2/p-2. The third kappa shape index (κ3) is 6.61. The van der Waals surface area contributed by atoms with Gasteiger partial charge in [-0.05, 0) is 0 Å². The van der Waals surface area contributed by atoms with Crippen molar-refractivity contribution in [3.8, 4) is 0 Å². The summed E-state index contributed by atoms with van der Waals surface area (Å²) in [4.78, 5) is 0. The Bertz CT molecular complexity index is 267. The SMILES string of the molecule is CCCCOC(C1=[C]([Ti+2])CC=C1)[SiH](C)C.[Cl-].[Cl-]. The second kappa shape index (κ2) is 10.8. The number of ether oxygens (including phenoxy) is 1. The first-order valence-corrected chi connectivity index (χ1v) is 9.65. The summed E-state index contributed by atoms with van der Waals surface area (Å²) in [6.45, 7) is 7.90. The molecule has 17 heavy (non-hydrogen) atoms. The zero-order valence-corrected chi connectivity index (χ0v) is 15.0. The summed E-state index contributed by atoms with van der Waals surface area (Å²) < 4.78 is 7.56. The van der Waals surface area contributed by atoms with Crippen LogP contribution in [0.3, 0.4) is 0 Å². The van der Waals surface area contributed by atoms with Crippen molar-refractivity contribution in [3.05, 3.63) is 21.6 Å². The van der Waals surface area contributed by atoms with Crippen molar-refractivity contribution < 1.29 is 50.0 Å². The van der Waals surface area contributed by atoms with Gasteiger partial charge in [-0.2, -0.15) is 0 Å². The van der Waals surface area contributed by atoms with E-state index in [2.05, 4.69) is 52.6 Å². The number of halogens is 2. The van der Waals surface area contributed by atoms with Gasteiger partial charge in [0.2, 0.25) is 0 Å². The molecule has 0 aromatic carbocycles. The maximum atomic E-state index is 6.05. The van der Waals surface area contributed by atoms with Crippen LogP contribution in [0.1, 0.15) is 26.2 Å². The topological polar surface area (TPSA) is 9.23 Å². The second-order valence-corrected chi connectivity index (χ2v) is 8.47. The maximum Gasteiger partial charge on any atom is -1.00 e. The summed E-state index contributed by atoms with van der Waals surface area (Å²) >= 11 is 2.24. The molecule has 0 heterocycles. The maximum absolute atomic E-state index is 6.05. The van der Waals surface area contributed by atoms with Crippen molar-refractivity contribution in [3.63, 3.8) is 0 Å². The van der Waals surface area contributed by atoms with E-state index in [0.717, 1.165) is 13.0 Å². The van der Waals surface area contributed by atoms with Crippen molar-refractivity contribution in [2.75, 3.05) is 6.61 Å². The molecule has 0 aliphatic heterocycles. The summed E-state index contributed by atoms with van der Waals surface area (Å²) in [7, 11) is -0.751. The molecule has 97 valence electrons. The first kappa shape index (κ1) is 20.3. The molecule has 0 saturated carbocycles. The van der Waals surface area contributed by atoms with E-state index in [1.807, 2.05) is 0 Å². The van der Waals surface area contributed by atoms with Crippen molar-refractivity contribution in [1.29, 1.82) is 0 Å². The quantitative estimate of drug-likeness (QED) is 0.372. The fourth-order valence-electron chi connectivity index (χ4n) is 1.78. The molecule has 1 rings (SSSR count). The fraction of sp³-hybridized carbons (Fsp3) is 0.667. The Morgan fingerprint density at radius 3 is 2.47 bits per heavy atom. The fourth-order valence-corrected chi connectivity index (χ4v) is 4.13. The van der Waals surface area contributed by atoms with Gasteiger partial charge in [0.15, 0.2) is 0 Å². The van der Waals surface area contributed by atoms with Crippen LogP contribution in [-0.2, 0) is 25.2 Å². The Kier molecular flexibility index (Phi) is 12.9. The van der Waals surface area contributed by atoms with Crippen LogP contribution >= 0.6 is 0 Å². The molecule has 0 amide bonds. The van der Waals surface area contributed by atoms with E-state index in [9.17, 15) is 0 Å². The van der Waals surface area contributed by atoms with E-state index in [1.54, 1.807) is 0 Å². The molecule has 0 radical (unpaired) electrons. The third-order valence-electron chi connectivity index (χ3n) is 2.68. The van der Waals surface area contributed by atoms with E-state index in [4.69, 9.17) is 4.74 Å². The smallest absolute Gasteiger partial charge is 1.00 e. The van der Waals surface area contributed by atoms with Crippen molar-refractivity contribution in [1.82, 2.24) is 0 Å². The second-order valence-electron chi connectivity index (χ2n) is 4.43. The van der Waals surface area contributed by atoms with E-state index < -0.39 is 8.80 Å². The Labute approximate surface area is 131 Å². The molecule has 1 atom stereocenters. The average Bonchev–Trinajstić information content (AvgIpc) is 2.59. The van der Waals surface area contributed by atoms with Crippen LogP contribution in [0.4, 0.5) is 0 Å². The predicted octanol–water partition coefficient (Wildman–Crippen LogP) is -3.03. The van der Waals surface area contributed by atoms with Crippen LogP contribution in [0.15, 0.2) is 21.6 Å². The van der Waals surface area contributed by atoms with Crippen molar-refractivity contribution >= 4 is 8.80 Å². The minimum atomic E-state index is -0.751. The van der Waals surface area contributed by atoms with Crippen LogP contribution in [0.2, 0.25) is 13.1 Å². The Morgan fingerprint density at radius 1 is 1.41 bits per heavy atom. The number of hydrogen-bond donors (Lipinski definition) is 0. The zero-order chi connectivity index (χ0) is 11.3. The van der Waals surface area contributed by atoms with Gasteiger partial charge >= 0.3 is 107 Å². The van der Waals surface area contributed by atoms with E-state index in [1.165, 1.54) is 22.3 Å². The van der Waals surface area contributed by atoms with Gasteiger partial charge in [0.05, 0.1) is 0 Å². The van der Waals surface area contributed by atoms with E-state index in [-0.39, 0.29) is 24.8 Å². The van der Waals surface area contributed by atoms with Gasteiger partial charge in [-0.1, -0.05) is 0 Å². The predicted molar refractivity (Wildman–Crippen MR) is 64.3 cm³/mol. The van der Waals surface area contributed by atoms with Gasteiger partial charge < -0.3 is 24.8 Å². The minimum Gasteiger partial charge on any atom is -1.00 e. The Morgan fingerprint density at radius 2 is 2.06 bits per heavy atom. The first-order chi connectivity index (χ1) is 7.16. The molecule has 0 aromatic rings. The van der Waals surface area contributed by atoms with Crippen LogP contribution in [-0.4, -0.2) is 21.1 Å². The largest absolute Gasteiger partial charge is 1.00 e. The van der Waals surface area contributed by atoms with Crippen LogP contribution in [0, 0.1) is 0 Å². The molecule has 0 saturated heterocycles. The van der Waals surface area contributed by atoms with Crippen LogP contribution in [0.25, 0.3) is 0 Å². The van der Waals surface area contributed by atoms with Gasteiger partial charge in [-0.15, -0.1) is 0 Å². The van der Waals surface area contributed by atoms with Crippen LogP contribution in [0.5, 0.6) is 0 Å². The molecule has 1 aliphatic rings. The molecular formula is C12H21Cl2OSiTi. The molecule has 1 aliphatic carbocycles. The van der Waals surface area contributed by atoms with E-state index in [0.29, 0.717) is 5.73 Å². The molecule has 0 N–H and O–H groups in total. The summed E-state index contributed by atoms with van der Waals surface area (Å²) in [5, 5.41) is 0. The van der Waals surface area contributed by atoms with Crippen molar-refractivity contribution in [2.24, 2.45) is 0 Å². The zero-order valence-electron chi connectivity index (χ0n) is 10.8. The first-order valence-electron chi connectivity index (χ1n) is 5.89. The number of allylic oxidation sites excluding steroid dienone is 2. The molecule has 1 nitrogen and oxygen atoms in total. The van der Waals surface area contributed by atoms with Gasteiger partial charge in [0.25, 0.3) is 0 Å². The van der Waals surface area contributed by atoms with Gasteiger partial charge in [-0.25, -0.2) is 0 Å². The molecule has 0 bridgehead atoms. The number of unbranched alkanes of at least 4 members (excludes halogenated alkanes) is 1. The van der Waals surface area contributed by atoms with Gasteiger partial charge in [0, 0.05) is 0 Å². The normalized spacial score (nSPS) is 15.9. The summed E-state index contributed by atoms with van der Waals surface area (Å²) in [5.41, 5.74) is 1.92. The molecule has 0 aromatic heterocycles. The average molecular weight is 328 g/mol. The van der Waals surface area contributed by atoms with E-state index >= 15 is 0 Å². The molecule has 0 spiro atoms. The minimum absolute atomic E-state index is 0. The Balaban J connectivity index is 0. The van der Waals surface area contributed by atoms with Gasteiger partial charge in [0.1, 0.15) is 0 Å². The molecule has 0 fully saturated rings. The number of rotatable bonds is 6. The third-order valence-corrected chi connectivity index (χ3v) is 5.21.